The molecule has 0 unspecified atom stereocenters. The summed E-state index contributed by atoms with van der Waals surface area (Å²) in [5.41, 5.74) is 1.64. The van der Waals surface area contributed by atoms with Gasteiger partial charge in [-0.2, -0.15) is 0 Å². The van der Waals surface area contributed by atoms with Gasteiger partial charge in [0, 0.05) is 44.4 Å². The summed E-state index contributed by atoms with van der Waals surface area (Å²) in [6, 6.07) is 7.70. The van der Waals surface area contributed by atoms with Crippen molar-refractivity contribution in [2.45, 2.75) is 43.0 Å². The molecule has 0 atom stereocenters. The van der Waals surface area contributed by atoms with Gasteiger partial charge in [-0.1, -0.05) is 25.3 Å². The van der Waals surface area contributed by atoms with Crippen molar-refractivity contribution in [2.75, 3.05) is 12.1 Å². The van der Waals surface area contributed by atoms with Gasteiger partial charge < -0.3 is 0 Å². The Hall–Kier alpha value is -0.648. The average molecular weight is 605 g/mol. The zero-order chi connectivity index (χ0) is 18.2. The van der Waals surface area contributed by atoms with E-state index in [2.05, 4.69) is 4.98 Å². The molecule has 0 spiro atoms. The minimum absolute atomic E-state index is 0. The normalized spacial score (nSPS) is 14.0. The van der Waals surface area contributed by atoms with Crippen LogP contribution in [0.25, 0.3) is 0 Å². The number of pyridine rings is 1. The molecule has 1 aromatic heterocycles. The molecule has 26 heavy (non-hydrogen) atoms. The minimum atomic E-state index is -0.746. The second kappa shape index (κ2) is 11.9. The van der Waals surface area contributed by atoms with Crippen molar-refractivity contribution < 1.29 is 45.1 Å². The van der Waals surface area contributed by atoms with E-state index < -0.39 is 11.6 Å². The third-order valence-corrected chi connectivity index (χ3v) is 4.70. The number of nitrogens with two attached hydrogens (primary N) is 1. The number of halogens is 2. The van der Waals surface area contributed by atoms with E-state index in [1.54, 1.807) is 31.4 Å². The Bertz CT molecular complexity index is 685. The topological polar surface area (TPSA) is 62.4 Å². The first-order valence-electron chi connectivity index (χ1n) is 8.21. The first-order chi connectivity index (χ1) is 12.0. The third kappa shape index (κ3) is 7.17. The number of hydroxylamine groups is 1. The Labute approximate surface area is 181 Å². The standard InChI is InChI=1S/C12H14F2.C6H9N3OS.U/c13-11-7-6-10(8-12(11)14)9-4-2-1-3-5-9;1-9(10)5-2-3-8-6(4-5)11-7;/h6-9H,1-5H2;2-4,10H,7H2,1H3;. The molecule has 1 aliphatic rings. The van der Waals surface area contributed by atoms with Crippen molar-refractivity contribution in [3.63, 3.8) is 0 Å². The Morgan fingerprint density at radius 3 is 2.38 bits per heavy atom. The van der Waals surface area contributed by atoms with E-state index in [-0.39, 0.29) is 31.1 Å². The van der Waals surface area contributed by atoms with Gasteiger partial charge >= 0.3 is 0 Å². The summed E-state index contributed by atoms with van der Waals surface area (Å²) in [6.07, 6.45) is 7.53. The molecular formula is C18H23F2N3OSU. The molecule has 0 radical (unpaired) electrons. The van der Waals surface area contributed by atoms with Crippen molar-refractivity contribution in [1.29, 1.82) is 0 Å². The number of anilines is 1. The monoisotopic (exact) mass is 605 g/mol. The predicted octanol–water partition coefficient (Wildman–Crippen LogP) is 4.89. The Kier molecular flexibility index (Phi) is 10.7. The number of nitrogens with zero attached hydrogens (tertiary/aromatic N) is 2. The number of hydrogen-bond acceptors (Lipinski definition) is 5. The first kappa shape index (κ1) is 23.4. The van der Waals surface area contributed by atoms with Crippen LogP contribution >= 0.6 is 11.9 Å². The predicted molar refractivity (Wildman–Crippen MR) is 96.7 cm³/mol. The van der Waals surface area contributed by atoms with Gasteiger partial charge in [0.1, 0.15) is 5.03 Å². The van der Waals surface area contributed by atoms with E-state index in [0.29, 0.717) is 16.6 Å². The molecule has 8 heteroatoms. The molecule has 1 aromatic carbocycles. The smallest absolute Gasteiger partial charge is 0.159 e. The molecule has 1 aliphatic carbocycles. The van der Waals surface area contributed by atoms with Crippen LogP contribution in [0.5, 0.6) is 0 Å². The van der Waals surface area contributed by atoms with Crippen LogP contribution in [-0.4, -0.2) is 17.2 Å². The van der Waals surface area contributed by atoms with E-state index in [9.17, 15) is 8.78 Å². The summed E-state index contributed by atoms with van der Waals surface area (Å²) < 4.78 is 25.7. The van der Waals surface area contributed by atoms with Gasteiger partial charge in [-0.3, -0.25) is 15.4 Å². The molecule has 4 nitrogen and oxygen atoms in total. The van der Waals surface area contributed by atoms with Crippen molar-refractivity contribution >= 4 is 17.6 Å². The number of aromatic nitrogens is 1. The summed E-state index contributed by atoms with van der Waals surface area (Å²) in [4.78, 5) is 3.94. The van der Waals surface area contributed by atoms with E-state index in [4.69, 9.17) is 10.3 Å². The summed E-state index contributed by atoms with van der Waals surface area (Å²) in [6.45, 7) is 0. The van der Waals surface area contributed by atoms with Gasteiger partial charge in [-0.15, -0.1) is 0 Å². The van der Waals surface area contributed by atoms with Crippen molar-refractivity contribution in [3.05, 3.63) is 53.7 Å². The Balaban J connectivity index is 0.000000258. The van der Waals surface area contributed by atoms with Gasteiger partial charge in [0.2, 0.25) is 0 Å². The van der Waals surface area contributed by atoms with Gasteiger partial charge in [0.05, 0.1) is 5.69 Å². The van der Waals surface area contributed by atoms with Gasteiger partial charge in [0.25, 0.3) is 0 Å². The SMILES string of the molecule is CN(O)c1ccnc(SN)c1.Fc1ccc(C2CCCCC2)cc1F.[U]. The molecular weight excluding hydrogens is 582 g/mol. The molecule has 3 N–H and O–H groups in total. The van der Waals surface area contributed by atoms with Gasteiger partial charge in [-0.25, -0.2) is 13.8 Å². The van der Waals surface area contributed by atoms with Crippen LogP contribution in [0.15, 0.2) is 41.6 Å². The molecule has 2 aromatic rings. The minimum Gasteiger partial charge on any atom is -0.289 e. The van der Waals surface area contributed by atoms with Crippen LogP contribution in [0, 0.1) is 42.7 Å². The molecule has 140 valence electrons. The molecule has 1 heterocycles. The van der Waals surface area contributed by atoms with E-state index in [1.165, 1.54) is 31.4 Å². The largest absolute Gasteiger partial charge is 0.289 e. The molecule has 1 fully saturated rings. The average Bonchev–Trinajstić information content (AvgIpc) is 2.65. The maximum absolute atomic E-state index is 13.0. The van der Waals surface area contributed by atoms with Crippen molar-refractivity contribution in [2.24, 2.45) is 5.14 Å². The van der Waals surface area contributed by atoms with E-state index in [0.717, 1.165) is 35.4 Å². The Morgan fingerprint density at radius 2 is 1.81 bits per heavy atom. The maximum Gasteiger partial charge on any atom is 0.159 e. The first-order valence-corrected chi connectivity index (χ1v) is 9.09. The van der Waals surface area contributed by atoms with Crippen LogP contribution < -0.4 is 10.2 Å². The third-order valence-electron chi connectivity index (χ3n) is 4.23. The van der Waals surface area contributed by atoms with Gasteiger partial charge in [0.15, 0.2) is 11.6 Å². The molecule has 0 saturated heterocycles. The van der Waals surface area contributed by atoms with Crippen molar-refractivity contribution in [3.8, 4) is 0 Å². The molecule has 0 bridgehead atoms. The molecule has 0 amide bonds. The number of rotatable bonds is 3. The Morgan fingerprint density at radius 1 is 1.12 bits per heavy atom. The van der Waals surface area contributed by atoms with Crippen molar-refractivity contribution in [1.82, 2.24) is 4.98 Å². The van der Waals surface area contributed by atoms with Gasteiger partial charge in [-0.05, 0) is 60.5 Å². The molecule has 0 aliphatic heterocycles. The fraction of sp³-hybridized carbons (Fsp3) is 0.389. The summed E-state index contributed by atoms with van der Waals surface area (Å²) in [7, 11) is 1.54. The zero-order valence-electron chi connectivity index (χ0n) is 14.7. The number of hydrogen-bond donors (Lipinski definition) is 2. The molecule has 1 saturated carbocycles. The fourth-order valence-electron chi connectivity index (χ4n) is 2.87. The zero-order valence-corrected chi connectivity index (χ0v) is 19.6. The summed E-state index contributed by atoms with van der Waals surface area (Å²) >= 11 is 1.05. The van der Waals surface area contributed by atoms with Crippen LogP contribution in [0.3, 0.4) is 0 Å². The second-order valence-electron chi connectivity index (χ2n) is 6.00. The van der Waals surface area contributed by atoms with Crippen LogP contribution in [-0.2, 0) is 0 Å². The number of benzene rings is 1. The van der Waals surface area contributed by atoms with Crippen LogP contribution in [0.1, 0.15) is 43.6 Å². The van der Waals surface area contributed by atoms with Crippen LogP contribution in [0.2, 0.25) is 0 Å². The summed E-state index contributed by atoms with van der Waals surface area (Å²) in [5, 5.41) is 16.0. The van der Waals surface area contributed by atoms with Crippen LogP contribution in [0.4, 0.5) is 14.5 Å². The maximum atomic E-state index is 13.0. The van der Waals surface area contributed by atoms with E-state index in [1.807, 2.05) is 0 Å². The quantitative estimate of drug-likeness (QED) is 0.386. The second-order valence-corrected chi connectivity index (χ2v) is 6.66. The van der Waals surface area contributed by atoms with E-state index >= 15 is 0 Å². The fourth-order valence-corrected chi connectivity index (χ4v) is 3.18. The molecule has 3 rings (SSSR count). The summed E-state index contributed by atoms with van der Waals surface area (Å²) in [5.74, 6) is -1.02.